The van der Waals surface area contributed by atoms with E-state index in [1.54, 1.807) is 18.2 Å². The van der Waals surface area contributed by atoms with Crippen molar-refractivity contribution in [2.24, 2.45) is 11.8 Å². The number of nitrogens with one attached hydrogen (secondary N) is 3. The van der Waals surface area contributed by atoms with Crippen LogP contribution in [0.4, 0.5) is 15.9 Å². The molecule has 33 heavy (non-hydrogen) atoms. The second-order valence-corrected chi connectivity index (χ2v) is 10.0. The number of pyridine rings is 1. The molecular formula is C25H32ClFN4O2. The molecule has 0 spiro atoms. The second kappa shape index (κ2) is 10.4. The number of rotatable bonds is 6. The van der Waals surface area contributed by atoms with Gasteiger partial charge in [0, 0.05) is 31.5 Å². The largest absolute Gasteiger partial charge is 0.382 e. The van der Waals surface area contributed by atoms with Crippen LogP contribution in [0, 0.1) is 17.7 Å². The van der Waals surface area contributed by atoms with Crippen LogP contribution in [0.15, 0.2) is 30.5 Å². The maximum Gasteiger partial charge on any atom is 0.229 e. The van der Waals surface area contributed by atoms with Crippen molar-refractivity contribution >= 4 is 29.0 Å². The SMILES string of the molecule is CC1(C)C[C@H](CNc2cc(-c3cc(NC(=O)[C@@H]4CCCNC4)ncc3Cl)ccc2F)CCO1. The number of piperidine rings is 1. The summed E-state index contributed by atoms with van der Waals surface area (Å²) in [5.74, 6) is 0.416. The van der Waals surface area contributed by atoms with Gasteiger partial charge in [-0.25, -0.2) is 9.37 Å². The van der Waals surface area contributed by atoms with Crippen LogP contribution >= 0.6 is 11.6 Å². The van der Waals surface area contributed by atoms with Gasteiger partial charge in [-0.15, -0.1) is 0 Å². The van der Waals surface area contributed by atoms with E-state index in [2.05, 4.69) is 34.8 Å². The first-order valence-corrected chi connectivity index (χ1v) is 12.0. The zero-order chi connectivity index (χ0) is 23.4. The highest BCUT2D eigenvalue weighted by molar-refractivity contribution is 6.33. The summed E-state index contributed by atoms with van der Waals surface area (Å²) >= 11 is 6.43. The van der Waals surface area contributed by atoms with Crippen LogP contribution in [-0.4, -0.2) is 42.7 Å². The van der Waals surface area contributed by atoms with E-state index in [4.69, 9.17) is 16.3 Å². The number of halogens is 2. The molecule has 2 saturated heterocycles. The summed E-state index contributed by atoms with van der Waals surface area (Å²) in [4.78, 5) is 16.9. The van der Waals surface area contributed by atoms with Crippen molar-refractivity contribution in [3.05, 3.63) is 41.3 Å². The molecular weight excluding hydrogens is 443 g/mol. The van der Waals surface area contributed by atoms with Gasteiger partial charge in [0.05, 0.1) is 22.2 Å². The van der Waals surface area contributed by atoms with E-state index in [0.717, 1.165) is 44.4 Å². The van der Waals surface area contributed by atoms with E-state index in [1.807, 2.05) is 0 Å². The molecule has 2 aromatic rings. The van der Waals surface area contributed by atoms with Crippen LogP contribution < -0.4 is 16.0 Å². The van der Waals surface area contributed by atoms with E-state index in [9.17, 15) is 9.18 Å². The van der Waals surface area contributed by atoms with Gasteiger partial charge in [-0.1, -0.05) is 17.7 Å². The zero-order valence-electron chi connectivity index (χ0n) is 19.2. The van der Waals surface area contributed by atoms with Crippen molar-refractivity contribution in [2.75, 3.05) is 36.9 Å². The number of aromatic nitrogens is 1. The van der Waals surface area contributed by atoms with Gasteiger partial charge in [0.2, 0.25) is 5.91 Å². The lowest BCUT2D eigenvalue weighted by Gasteiger charge is -2.35. The van der Waals surface area contributed by atoms with Crippen LogP contribution in [0.5, 0.6) is 0 Å². The molecule has 1 aromatic heterocycles. The van der Waals surface area contributed by atoms with Crippen molar-refractivity contribution in [3.63, 3.8) is 0 Å². The van der Waals surface area contributed by atoms with Gasteiger partial charge in [-0.2, -0.15) is 0 Å². The number of hydrogen-bond donors (Lipinski definition) is 3. The number of anilines is 2. The van der Waals surface area contributed by atoms with Crippen molar-refractivity contribution in [1.29, 1.82) is 0 Å². The highest BCUT2D eigenvalue weighted by Gasteiger charge is 2.28. The van der Waals surface area contributed by atoms with Gasteiger partial charge in [-0.05, 0) is 75.8 Å². The Kier molecular flexibility index (Phi) is 7.51. The lowest BCUT2D eigenvalue weighted by Crippen LogP contribution is -2.37. The molecule has 178 valence electrons. The van der Waals surface area contributed by atoms with Crippen LogP contribution in [0.2, 0.25) is 5.02 Å². The van der Waals surface area contributed by atoms with Crippen LogP contribution in [-0.2, 0) is 9.53 Å². The predicted octanol–water partition coefficient (Wildman–Crippen LogP) is 5.10. The molecule has 8 heteroatoms. The van der Waals surface area contributed by atoms with Crippen LogP contribution in [0.3, 0.4) is 0 Å². The van der Waals surface area contributed by atoms with Crippen molar-refractivity contribution < 1.29 is 13.9 Å². The quantitative estimate of drug-likeness (QED) is 0.543. The fourth-order valence-corrected chi connectivity index (χ4v) is 4.86. The summed E-state index contributed by atoms with van der Waals surface area (Å²) in [6.07, 6.45) is 5.24. The first-order chi connectivity index (χ1) is 15.8. The standard InChI is InChI=1S/C25H32ClFN4O2/c1-25(2)12-16(7-9-33-25)13-29-22-10-17(5-6-21(22)27)19-11-23(30-15-20(19)26)31-24(32)18-4-3-8-28-14-18/h5-6,10-11,15-16,18,28-29H,3-4,7-9,12-14H2,1-2H3,(H,30,31,32)/t16-,18-/m1/s1. The molecule has 2 atom stereocenters. The molecule has 0 radical (unpaired) electrons. The fourth-order valence-electron chi connectivity index (χ4n) is 4.65. The van der Waals surface area contributed by atoms with E-state index in [-0.39, 0.29) is 23.2 Å². The Hall–Kier alpha value is -2.22. The third-order valence-electron chi connectivity index (χ3n) is 6.43. The number of carbonyl (C=O) groups excluding carboxylic acids is 1. The molecule has 3 heterocycles. The van der Waals surface area contributed by atoms with Gasteiger partial charge in [0.1, 0.15) is 11.6 Å². The Morgan fingerprint density at radius 1 is 1.33 bits per heavy atom. The number of ether oxygens (including phenoxy) is 1. The number of hydrogen-bond acceptors (Lipinski definition) is 5. The van der Waals surface area contributed by atoms with E-state index >= 15 is 0 Å². The molecule has 2 fully saturated rings. The lowest BCUT2D eigenvalue weighted by molar-refractivity contribution is -0.120. The van der Waals surface area contributed by atoms with E-state index in [0.29, 0.717) is 41.1 Å². The van der Waals surface area contributed by atoms with Gasteiger partial charge in [0.25, 0.3) is 0 Å². The van der Waals surface area contributed by atoms with E-state index < -0.39 is 0 Å². The number of carbonyl (C=O) groups is 1. The minimum absolute atomic E-state index is 0.0520. The van der Waals surface area contributed by atoms with Crippen molar-refractivity contribution in [2.45, 2.75) is 45.1 Å². The Labute approximate surface area is 199 Å². The summed E-state index contributed by atoms with van der Waals surface area (Å²) in [5, 5.41) is 9.86. The Balaban J connectivity index is 1.48. The maximum absolute atomic E-state index is 14.6. The molecule has 0 saturated carbocycles. The predicted molar refractivity (Wildman–Crippen MR) is 130 cm³/mol. The Morgan fingerprint density at radius 3 is 2.94 bits per heavy atom. The van der Waals surface area contributed by atoms with Crippen LogP contribution in [0.1, 0.15) is 39.5 Å². The molecule has 2 aliphatic heterocycles. The highest BCUT2D eigenvalue weighted by atomic mass is 35.5. The average molecular weight is 475 g/mol. The molecule has 0 aliphatic carbocycles. The normalized spacial score (nSPS) is 22.5. The summed E-state index contributed by atoms with van der Waals surface area (Å²) in [7, 11) is 0. The first kappa shape index (κ1) is 23.9. The summed E-state index contributed by atoms with van der Waals surface area (Å²) in [6, 6.07) is 6.64. The fraction of sp³-hybridized carbons (Fsp3) is 0.520. The molecule has 1 aromatic carbocycles. The minimum Gasteiger partial charge on any atom is -0.382 e. The topological polar surface area (TPSA) is 75.3 Å². The summed E-state index contributed by atoms with van der Waals surface area (Å²) in [5.41, 5.74) is 1.74. The molecule has 1 amide bonds. The number of benzene rings is 1. The average Bonchev–Trinajstić information content (AvgIpc) is 2.80. The smallest absolute Gasteiger partial charge is 0.229 e. The second-order valence-electron chi connectivity index (χ2n) is 9.62. The highest BCUT2D eigenvalue weighted by Crippen LogP contribution is 2.33. The third-order valence-corrected chi connectivity index (χ3v) is 6.73. The number of amides is 1. The Bertz CT molecular complexity index is 994. The first-order valence-electron chi connectivity index (χ1n) is 11.7. The third kappa shape index (κ3) is 6.22. The molecule has 0 bridgehead atoms. The molecule has 4 rings (SSSR count). The van der Waals surface area contributed by atoms with E-state index in [1.165, 1.54) is 12.3 Å². The molecule has 6 nitrogen and oxygen atoms in total. The zero-order valence-corrected chi connectivity index (χ0v) is 20.0. The van der Waals surface area contributed by atoms with Gasteiger partial charge >= 0.3 is 0 Å². The summed E-state index contributed by atoms with van der Waals surface area (Å²) < 4.78 is 20.3. The van der Waals surface area contributed by atoms with Crippen molar-refractivity contribution in [3.8, 4) is 11.1 Å². The molecule has 0 unspecified atom stereocenters. The van der Waals surface area contributed by atoms with Gasteiger partial charge in [0.15, 0.2) is 0 Å². The minimum atomic E-state index is -0.312. The molecule has 3 N–H and O–H groups in total. The molecule has 2 aliphatic rings. The van der Waals surface area contributed by atoms with Gasteiger partial charge < -0.3 is 20.7 Å². The van der Waals surface area contributed by atoms with Crippen molar-refractivity contribution in [1.82, 2.24) is 10.3 Å². The lowest BCUT2D eigenvalue weighted by atomic mass is 9.88. The van der Waals surface area contributed by atoms with Gasteiger partial charge in [-0.3, -0.25) is 4.79 Å². The van der Waals surface area contributed by atoms with Crippen LogP contribution in [0.25, 0.3) is 11.1 Å². The maximum atomic E-state index is 14.6. The summed E-state index contributed by atoms with van der Waals surface area (Å²) in [6.45, 7) is 7.19. The Morgan fingerprint density at radius 2 is 2.18 bits per heavy atom. The monoisotopic (exact) mass is 474 g/mol. The number of nitrogens with zero attached hydrogens (tertiary/aromatic N) is 1.